The van der Waals surface area contributed by atoms with Crippen LogP contribution in [0.2, 0.25) is 0 Å². The summed E-state index contributed by atoms with van der Waals surface area (Å²) in [5.41, 5.74) is 3.27. The van der Waals surface area contributed by atoms with Crippen LogP contribution in [0.1, 0.15) is 36.0 Å². The molecule has 0 aromatic heterocycles. The second-order valence-corrected chi connectivity index (χ2v) is 4.22. The fourth-order valence-electron chi connectivity index (χ4n) is 2.24. The molecule has 0 saturated heterocycles. The zero-order chi connectivity index (χ0) is 11.4. The number of hydrogen-bond acceptors (Lipinski definition) is 3. The van der Waals surface area contributed by atoms with Crippen LogP contribution in [0.4, 0.5) is 0 Å². The van der Waals surface area contributed by atoms with Crippen LogP contribution in [0.25, 0.3) is 0 Å². The van der Waals surface area contributed by atoms with E-state index < -0.39 is 0 Å². The Morgan fingerprint density at radius 3 is 2.56 bits per heavy atom. The predicted molar refractivity (Wildman–Crippen MR) is 61.2 cm³/mol. The molecule has 0 unspecified atom stereocenters. The number of hydrogen-bond donors (Lipinski definition) is 1. The second-order valence-electron chi connectivity index (χ2n) is 4.22. The summed E-state index contributed by atoms with van der Waals surface area (Å²) in [5, 5.41) is 9.80. The maximum Gasteiger partial charge on any atom is 0.235 e. The highest BCUT2D eigenvalue weighted by atomic mass is 16.3. The predicted octanol–water partition coefficient (Wildman–Crippen LogP) is 2.50. The Morgan fingerprint density at radius 2 is 1.88 bits per heavy atom. The number of aliphatic imine (C=N–C) groups is 1. The molecule has 0 spiro atoms. The van der Waals surface area contributed by atoms with Gasteiger partial charge in [0.2, 0.25) is 6.08 Å². The average Bonchev–Trinajstić information content (AvgIpc) is 2.50. The van der Waals surface area contributed by atoms with Gasteiger partial charge >= 0.3 is 0 Å². The highest BCUT2D eigenvalue weighted by molar-refractivity contribution is 5.43. The van der Waals surface area contributed by atoms with Gasteiger partial charge in [-0.2, -0.15) is 0 Å². The van der Waals surface area contributed by atoms with Gasteiger partial charge in [-0.15, -0.1) is 0 Å². The summed E-state index contributed by atoms with van der Waals surface area (Å²) in [6, 6.07) is 3.81. The minimum absolute atomic E-state index is 0.225. The molecule has 1 aliphatic rings. The fraction of sp³-hybridized carbons (Fsp3) is 0.462. The van der Waals surface area contributed by atoms with Gasteiger partial charge in [0.1, 0.15) is 5.75 Å². The maximum absolute atomic E-state index is 10.1. The summed E-state index contributed by atoms with van der Waals surface area (Å²) in [5.74, 6) is 0.250. The monoisotopic (exact) mass is 217 g/mol. The molecule has 0 radical (unpaired) electrons. The first-order valence-electron chi connectivity index (χ1n) is 5.68. The molecule has 0 atom stereocenters. The molecule has 84 valence electrons. The summed E-state index contributed by atoms with van der Waals surface area (Å²) in [6.07, 6.45) is 7.25. The van der Waals surface area contributed by atoms with E-state index in [9.17, 15) is 9.90 Å². The number of benzene rings is 1. The number of rotatable bonds is 2. The largest absolute Gasteiger partial charge is 0.508 e. The molecule has 16 heavy (non-hydrogen) atoms. The number of nitrogens with zero attached hydrogens (tertiary/aromatic N) is 1. The summed E-state index contributed by atoms with van der Waals surface area (Å²) in [7, 11) is 0. The van der Waals surface area contributed by atoms with E-state index in [1.807, 2.05) is 12.1 Å². The van der Waals surface area contributed by atoms with Crippen LogP contribution >= 0.6 is 0 Å². The van der Waals surface area contributed by atoms with Crippen LogP contribution < -0.4 is 0 Å². The molecule has 1 aromatic rings. The molecule has 1 N–H and O–H groups in total. The van der Waals surface area contributed by atoms with Gasteiger partial charge in [-0.05, 0) is 48.9 Å². The van der Waals surface area contributed by atoms with Crippen molar-refractivity contribution in [3.05, 3.63) is 28.8 Å². The van der Waals surface area contributed by atoms with Crippen molar-refractivity contribution >= 4 is 6.08 Å². The van der Waals surface area contributed by atoms with Crippen molar-refractivity contribution in [2.75, 3.05) is 0 Å². The molecule has 3 heteroatoms. The Labute approximate surface area is 94.8 Å². The molecular formula is C13H15NO2. The van der Waals surface area contributed by atoms with Gasteiger partial charge in [0.25, 0.3) is 0 Å². The van der Waals surface area contributed by atoms with Gasteiger partial charge in [0, 0.05) is 5.56 Å². The van der Waals surface area contributed by atoms with E-state index in [-0.39, 0.29) is 12.3 Å². The van der Waals surface area contributed by atoms with Crippen molar-refractivity contribution in [3.63, 3.8) is 0 Å². The van der Waals surface area contributed by atoms with E-state index in [0.717, 1.165) is 18.4 Å². The summed E-state index contributed by atoms with van der Waals surface area (Å²) in [6.45, 7) is 0.225. The van der Waals surface area contributed by atoms with Crippen molar-refractivity contribution in [2.24, 2.45) is 4.99 Å². The minimum atomic E-state index is 0.225. The van der Waals surface area contributed by atoms with Crippen molar-refractivity contribution in [1.82, 2.24) is 0 Å². The Kier molecular flexibility index (Phi) is 3.37. The first kappa shape index (κ1) is 10.9. The molecule has 0 heterocycles. The molecule has 0 fully saturated rings. The van der Waals surface area contributed by atoms with Gasteiger partial charge in [-0.1, -0.05) is 6.42 Å². The van der Waals surface area contributed by atoms with Gasteiger partial charge in [-0.3, -0.25) is 0 Å². The van der Waals surface area contributed by atoms with Crippen LogP contribution in [-0.2, 0) is 24.2 Å². The zero-order valence-corrected chi connectivity index (χ0v) is 9.20. The lowest BCUT2D eigenvalue weighted by Crippen LogP contribution is -1.94. The van der Waals surface area contributed by atoms with Crippen LogP contribution in [-0.4, -0.2) is 11.2 Å². The minimum Gasteiger partial charge on any atom is -0.508 e. The summed E-state index contributed by atoms with van der Waals surface area (Å²) >= 11 is 0. The Hall–Kier alpha value is -1.60. The van der Waals surface area contributed by atoms with Gasteiger partial charge in [0.05, 0.1) is 6.54 Å². The molecule has 0 aliphatic heterocycles. The van der Waals surface area contributed by atoms with E-state index in [0.29, 0.717) is 0 Å². The molecule has 0 saturated carbocycles. The van der Waals surface area contributed by atoms with E-state index in [4.69, 9.17) is 0 Å². The average molecular weight is 217 g/mol. The Bertz CT molecular complexity index is 434. The highest BCUT2D eigenvalue weighted by Gasteiger charge is 2.11. The molecule has 1 aromatic carbocycles. The summed E-state index contributed by atoms with van der Waals surface area (Å²) < 4.78 is 0. The quantitative estimate of drug-likeness (QED) is 0.470. The lowest BCUT2D eigenvalue weighted by Gasteiger charge is -2.09. The maximum atomic E-state index is 10.1. The third-order valence-corrected chi connectivity index (χ3v) is 3.11. The van der Waals surface area contributed by atoms with Crippen LogP contribution in [0, 0.1) is 0 Å². The zero-order valence-electron chi connectivity index (χ0n) is 9.20. The van der Waals surface area contributed by atoms with Gasteiger partial charge in [-0.25, -0.2) is 9.79 Å². The van der Waals surface area contributed by atoms with E-state index in [1.165, 1.54) is 36.5 Å². The van der Waals surface area contributed by atoms with Gasteiger partial charge in [0.15, 0.2) is 0 Å². The number of isocyanates is 1. The van der Waals surface area contributed by atoms with Gasteiger partial charge < -0.3 is 5.11 Å². The van der Waals surface area contributed by atoms with E-state index in [2.05, 4.69) is 4.99 Å². The standard InChI is InChI=1S/C13H15NO2/c15-9-14-8-12-6-10-4-2-1-3-5-11(10)7-13(12)16/h6-7,16H,1-5,8H2. The van der Waals surface area contributed by atoms with Crippen molar-refractivity contribution in [2.45, 2.75) is 38.6 Å². The van der Waals surface area contributed by atoms with Crippen LogP contribution in [0.3, 0.4) is 0 Å². The van der Waals surface area contributed by atoms with Crippen molar-refractivity contribution < 1.29 is 9.90 Å². The molecule has 3 nitrogen and oxygen atoms in total. The molecule has 1 aliphatic carbocycles. The number of carbonyl (C=O) groups excluding carboxylic acids is 1. The highest BCUT2D eigenvalue weighted by Crippen LogP contribution is 2.28. The Morgan fingerprint density at radius 1 is 1.19 bits per heavy atom. The Balaban J connectivity index is 2.34. The SMILES string of the molecule is O=C=NCc1cc2c(cc1O)CCCCC2. The fourth-order valence-corrected chi connectivity index (χ4v) is 2.24. The molecule has 0 amide bonds. The van der Waals surface area contributed by atoms with Crippen molar-refractivity contribution in [1.29, 1.82) is 0 Å². The first-order valence-corrected chi connectivity index (χ1v) is 5.68. The number of aromatic hydroxyl groups is 1. The molecule has 0 bridgehead atoms. The van der Waals surface area contributed by atoms with Crippen LogP contribution in [0.15, 0.2) is 17.1 Å². The number of phenols is 1. The summed E-state index contributed by atoms with van der Waals surface area (Å²) in [4.78, 5) is 13.6. The number of fused-ring (bicyclic) bond motifs is 1. The third kappa shape index (κ3) is 2.31. The second kappa shape index (κ2) is 4.95. The van der Waals surface area contributed by atoms with E-state index in [1.54, 1.807) is 0 Å². The lowest BCUT2D eigenvalue weighted by atomic mass is 9.99. The third-order valence-electron chi connectivity index (χ3n) is 3.11. The van der Waals surface area contributed by atoms with Crippen molar-refractivity contribution in [3.8, 4) is 5.75 Å². The normalized spacial score (nSPS) is 14.8. The van der Waals surface area contributed by atoms with Crippen LogP contribution in [0.5, 0.6) is 5.75 Å². The first-order chi connectivity index (χ1) is 7.81. The topological polar surface area (TPSA) is 49.7 Å². The lowest BCUT2D eigenvalue weighted by molar-refractivity contribution is 0.467. The molecule has 2 rings (SSSR count). The van der Waals surface area contributed by atoms with E-state index >= 15 is 0 Å². The number of aryl methyl sites for hydroxylation is 2. The number of phenolic OH excluding ortho intramolecular Hbond substituents is 1. The molecular weight excluding hydrogens is 202 g/mol. The smallest absolute Gasteiger partial charge is 0.235 e.